The van der Waals surface area contributed by atoms with Gasteiger partial charge in [-0.25, -0.2) is 0 Å². The van der Waals surface area contributed by atoms with Gasteiger partial charge in [-0.05, 0) is 30.2 Å². The van der Waals surface area contributed by atoms with E-state index in [9.17, 15) is 5.11 Å². The Labute approximate surface area is 107 Å². The van der Waals surface area contributed by atoms with Crippen molar-refractivity contribution in [2.75, 3.05) is 7.11 Å². The summed E-state index contributed by atoms with van der Waals surface area (Å²) in [4.78, 5) is 0. The summed E-state index contributed by atoms with van der Waals surface area (Å²) >= 11 is 0. The highest BCUT2D eigenvalue weighted by molar-refractivity contribution is 5.31. The van der Waals surface area contributed by atoms with Crippen molar-refractivity contribution in [1.29, 1.82) is 0 Å². The second kappa shape index (κ2) is 4.82. The molecule has 0 aliphatic carbocycles. The molecule has 0 aliphatic rings. The average Bonchev–Trinajstić information content (AvgIpc) is 2.74. The van der Waals surface area contributed by atoms with E-state index in [1.807, 2.05) is 44.4 Å². The average molecular weight is 246 g/mol. The summed E-state index contributed by atoms with van der Waals surface area (Å²) in [5.41, 5.74) is 0.973. The molecule has 4 nitrogen and oxygen atoms in total. The number of aryl methyl sites for hydroxylation is 1. The van der Waals surface area contributed by atoms with Crippen molar-refractivity contribution in [2.24, 2.45) is 7.05 Å². The van der Waals surface area contributed by atoms with Crippen LogP contribution in [-0.2, 0) is 19.1 Å². The molecule has 0 amide bonds. The first-order valence-electron chi connectivity index (χ1n) is 5.86. The molecule has 2 aromatic rings. The molecule has 0 aliphatic heterocycles. The molecule has 4 heteroatoms. The van der Waals surface area contributed by atoms with Gasteiger partial charge in [0.15, 0.2) is 0 Å². The summed E-state index contributed by atoms with van der Waals surface area (Å²) in [6, 6.07) is 7.48. The Balaban J connectivity index is 2.18. The van der Waals surface area contributed by atoms with E-state index in [-0.39, 0.29) is 0 Å². The monoisotopic (exact) mass is 246 g/mol. The summed E-state index contributed by atoms with van der Waals surface area (Å²) in [5, 5.41) is 14.6. The summed E-state index contributed by atoms with van der Waals surface area (Å²) < 4.78 is 6.84. The fourth-order valence-electron chi connectivity index (χ4n) is 2.01. The number of hydrogen-bond donors (Lipinski definition) is 1. The molecule has 0 spiro atoms. The Bertz CT molecular complexity index is 515. The lowest BCUT2D eigenvalue weighted by Crippen LogP contribution is -2.23. The maximum Gasteiger partial charge on any atom is 0.118 e. The van der Waals surface area contributed by atoms with Crippen molar-refractivity contribution in [3.8, 4) is 5.75 Å². The summed E-state index contributed by atoms with van der Waals surface area (Å²) in [6.45, 7) is 1.81. The minimum absolute atomic E-state index is 0.535. The van der Waals surface area contributed by atoms with Crippen LogP contribution < -0.4 is 4.74 Å². The first-order valence-corrected chi connectivity index (χ1v) is 5.86. The third-order valence-electron chi connectivity index (χ3n) is 3.02. The topological polar surface area (TPSA) is 47.3 Å². The van der Waals surface area contributed by atoms with Crippen molar-refractivity contribution < 1.29 is 9.84 Å². The minimum atomic E-state index is -0.907. The van der Waals surface area contributed by atoms with Crippen molar-refractivity contribution in [3.63, 3.8) is 0 Å². The minimum Gasteiger partial charge on any atom is -0.497 e. The maximum atomic E-state index is 10.5. The molecule has 0 fully saturated rings. The molecule has 18 heavy (non-hydrogen) atoms. The number of methoxy groups -OCH3 is 1. The van der Waals surface area contributed by atoms with Gasteiger partial charge in [0.05, 0.1) is 18.9 Å². The highest BCUT2D eigenvalue weighted by Crippen LogP contribution is 2.26. The van der Waals surface area contributed by atoms with Crippen LogP contribution in [0.3, 0.4) is 0 Å². The lowest BCUT2D eigenvalue weighted by atomic mass is 9.90. The Kier molecular flexibility index (Phi) is 3.39. The van der Waals surface area contributed by atoms with Gasteiger partial charge in [0, 0.05) is 19.7 Å². The first-order chi connectivity index (χ1) is 8.51. The molecular formula is C14H18N2O2. The SMILES string of the molecule is COc1ccc(C(C)(O)Cc2cnn(C)c2)cc1. The fraction of sp³-hybridized carbons (Fsp3) is 0.357. The number of nitrogens with zero attached hydrogens (tertiary/aromatic N) is 2. The molecule has 96 valence electrons. The number of aliphatic hydroxyl groups is 1. The van der Waals surface area contributed by atoms with E-state index in [1.54, 1.807) is 18.0 Å². The van der Waals surface area contributed by atoms with Gasteiger partial charge in [-0.1, -0.05) is 12.1 Å². The second-order valence-corrected chi connectivity index (χ2v) is 4.70. The Morgan fingerprint density at radius 1 is 1.33 bits per heavy atom. The molecule has 1 aromatic heterocycles. The van der Waals surface area contributed by atoms with Gasteiger partial charge in [0.2, 0.25) is 0 Å². The molecule has 1 N–H and O–H groups in total. The van der Waals surface area contributed by atoms with Gasteiger partial charge in [-0.3, -0.25) is 4.68 Å². The molecule has 2 rings (SSSR count). The molecule has 1 heterocycles. The number of aromatic nitrogens is 2. The van der Waals surface area contributed by atoms with Crippen LogP contribution in [0.4, 0.5) is 0 Å². The molecule has 0 radical (unpaired) electrons. The van der Waals surface area contributed by atoms with E-state index in [0.717, 1.165) is 16.9 Å². The van der Waals surface area contributed by atoms with Crippen LogP contribution in [0.1, 0.15) is 18.1 Å². The zero-order valence-electron chi connectivity index (χ0n) is 10.9. The molecule has 1 unspecified atom stereocenters. The second-order valence-electron chi connectivity index (χ2n) is 4.70. The first kappa shape index (κ1) is 12.6. The summed E-state index contributed by atoms with van der Waals surface area (Å²) in [7, 11) is 3.49. The van der Waals surface area contributed by atoms with Crippen LogP contribution in [-0.4, -0.2) is 22.0 Å². The summed E-state index contributed by atoms with van der Waals surface area (Å²) in [5.74, 6) is 0.788. The number of hydrogen-bond acceptors (Lipinski definition) is 3. The number of benzene rings is 1. The van der Waals surface area contributed by atoms with Crippen LogP contribution in [0.25, 0.3) is 0 Å². The predicted molar refractivity (Wildman–Crippen MR) is 69.5 cm³/mol. The van der Waals surface area contributed by atoms with Crippen LogP contribution in [0.15, 0.2) is 36.7 Å². The van der Waals surface area contributed by atoms with Gasteiger partial charge >= 0.3 is 0 Å². The molecule has 0 bridgehead atoms. The van der Waals surface area contributed by atoms with E-state index in [0.29, 0.717) is 6.42 Å². The van der Waals surface area contributed by atoms with Gasteiger partial charge in [-0.2, -0.15) is 5.10 Å². The Morgan fingerprint density at radius 2 is 2.00 bits per heavy atom. The highest BCUT2D eigenvalue weighted by atomic mass is 16.5. The van der Waals surface area contributed by atoms with Crippen molar-refractivity contribution in [3.05, 3.63) is 47.8 Å². The molecular weight excluding hydrogens is 228 g/mol. The number of rotatable bonds is 4. The van der Waals surface area contributed by atoms with Crippen LogP contribution in [0.2, 0.25) is 0 Å². The van der Waals surface area contributed by atoms with Crippen molar-refractivity contribution in [1.82, 2.24) is 9.78 Å². The fourth-order valence-corrected chi connectivity index (χ4v) is 2.01. The molecule has 0 saturated carbocycles. The molecule has 1 aromatic carbocycles. The standard InChI is InChI=1S/C14H18N2O2/c1-14(17,8-11-9-15-16(2)10-11)12-4-6-13(18-3)7-5-12/h4-7,9-10,17H,8H2,1-3H3. The summed E-state index contributed by atoms with van der Waals surface area (Å²) in [6.07, 6.45) is 4.23. The zero-order valence-corrected chi connectivity index (χ0v) is 10.9. The van der Waals surface area contributed by atoms with E-state index in [1.165, 1.54) is 0 Å². The van der Waals surface area contributed by atoms with Crippen LogP contribution in [0, 0.1) is 0 Å². The van der Waals surface area contributed by atoms with Crippen molar-refractivity contribution >= 4 is 0 Å². The van der Waals surface area contributed by atoms with Gasteiger partial charge in [0.1, 0.15) is 5.75 Å². The van der Waals surface area contributed by atoms with Gasteiger partial charge in [-0.15, -0.1) is 0 Å². The van der Waals surface area contributed by atoms with Gasteiger partial charge in [0.25, 0.3) is 0 Å². The number of ether oxygens (including phenoxy) is 1. The largest absolute Gasteiger partial charge is 0.497 e. The Morgan fingerprint density at radius 3 is 2.50 bits per heavy atom. The highest BCUT2D eigenvalue weighted by Gasteiger charge is 2.24. The van der Waals surface area contributed by atoms with Crippen LogP contribution in [0.5, 0.6) is 5.75 Å². The maximum absolute atomic E-state index is 10.5. The lowest BCUT2D eigenvalue weighted by molar-refractivity contribution is 0.0576. The zero-order chi connectivity index (χ0) is 13.2. The normalized spacial score (nSPS) is 14.2. The van der Waals surface area contributed by atoms with Crippen molar-refractivity contribution in [2.45, 2.75) is 18.9 Å². The predicted octanol–water partition coefficient (Wildman–Crippen LogP) is 1.88. The third kappa shape index (κ3) is 2.71. The van der Waals surface area contributed by atoms with Crippen LogP contribution >= 0.6 is 0 Å². The van der Waals surface area contributed by atoms with E-state index >= 15 is 0 Å². The molecule has 0 saturated heterocycles. The lowest BCUT2D eigenvalue weighted by Gasteiger charge is -2.23. The van der Waals surface area contributed by atoms with E-state index in [4.69, 9.17) is 4.74 Å². The Hall–Kier alpha value is -1.81. The van der Waals surface area contributed by atoms with E-state index in [2.05, 4.69) is 5.10 Å². The van der Waals surface area contributed by atoms with Gasteiger partial charge < -0.3 is 9.84 Å². The molecule has 1 atom stereocenters. The quantitative estimate of drug-likeness (QED) is 0.896. The third-order valence-corrected chi connectivity index (χ3v) is 3.02. The smallest absolute Gasteiger partial charge is 0.118 e. The van der Waals surface area contributed by atoms with E-state index < -0.39 is 5.60 Å².